The molecule has 0 saturated carbocycles. The lowest BCUT2D eigenvalue weighted by Gasteiger charge is -2.11. The Morgan fingerprint density at radius 2 is 1.86 bits per heavy atom. The highest BCUT2D eigenvalue weighted by Gasteiger charge is 2.08. The Hall–Kier alpha value is -3.18. The molecule has 0 unspecified atom stereocenters. The molecular formula is C22H19ClN4O. The summed E-state index contributed by atoms with van der Waals surface area (Å²) in [6, 6.07) is 19.4. The number of aromatic nitrogens is 3. The van der Waals surface area contributed by atoms with Crippen LogP contribution in [0.25, 0.3) is 22.0 Å². The van der Waals surface area contributed by atoms with E-state index in [-0.39, 0.29) is 5.56 Å². The molecule has 0 radical (unpaired) electrons. The van der Waals surface area contributed by atoms with E-state index in [1.54, 1.807) is 25.2 Å². The zero-order chi connectivity index (χ0) is 19.5. The van der Waals surface area contributed by atoms with Gasteiger partial charge in [-0.15, -0.1) is 0 Å². The molecule has 1 N–H and O–H groups in total. The normalized spacial score (nSPS) is 10.9. The fourth-order valence-corrected chi connectivity index (χ4v) is 3.24. The van der Waals surface area contributed by atoms with Crippen LogP contribution in [-0.2, 0) is 13.5 Å². The van der Waals surface area contributed by atoms with Crippen molar-refractivity contribution in [2.45, 2.75) is 6.42 Å². The smallest absolute Gasteiger partial charge is 0.262 e. The number of hydrogen-bond donors (Lipinski definition) is 1. The number of anilines is 1. The van der Waals surface area contributed by atoms with Crippen molar-refractivity contribution in [3.8, 4) is 11.1 Å². The van der Waals surface area contributed by atoms with Gasteiger partial charge in [-0.05, 0) is 29.8 Å². The quantitative estimate of drug-likeness (QED) is 0.551. The molecule has 2 aromatic heterocycles. The van der Waals surface area contributed by atoms with Gasteiger partial charge in [0, 0.05) is 42.5 Å². The van der Waals surface area contributed by atoms with Crippen LogP contribution in [0.3, 0.4) is 0 Å². The second-order valence-electron chi connectivity index (χ2n) is 6.54. The molecule has 0 amide bonds. The molecule has 140 valence electrons. The minimum Gasteiger partial charge on any atom is -0.355 e. The van der Waals surface area contributed by atoms with E-state index in [0.717, 1.165) is 23.2 Å². The molecule has 0 fully saturated rings. The summed E-state index contributed by atoms with van der Waals surface area (Å²) in [7, 11) is 1.71. The standard InChI is InChI=1S/C22H19ClN4O/c1-27-21(28)19-10-8-17(23)13-20(19)26-22(27)24-12-11-18-9-7-16(14-25-18)15-5-3-2-4-6-15/h2-10,13-14H,11-12H2,1H3,(H,24,26). The summed E-state index contributed by atoms with van der Waals surface area (Å²) in [5, 5.41) is 4.34. The first kappa shape index (κ1) is 18.2. The van der Waals surface area contributed by atoms with Gasteiger partial charge >= 0.3 is 0 Å². The lowest BCUT2D eigenvalue weighted by molar-refractivity contribution is 0.829. The highest BCUT2D eigenvalue weighted by molar-refractivity contribution is 6.31. The van der Waals surface area contributed by atoms with Crippen LogP contribution in [0, 0.1) is 0 Å². The van der Waals surface area contributed by atoms with Crippen molar-refractivity contribution in [1.82, 2.24) is 14.5 Å². The van der Waals surface area contributed by atoms with Gasteiger partial charge in [-0.2, -0.15) is 0 Å². The molecule has 0 aliphatic heterocycles. The van der Waals surface area contributed by atoms with E-state index in [2.05, 4.69) is 33.5 Å². The highest BCUT2D eigenvalue weighted by atomic mass is 35.5. The van der Waals surface area contributed by atoms with Crippen LogP contribution in [-0.4, -0.2) is 21.1 Å². The number of fused-ring (bicyclic) bond motifs is 1. The summed E-state index contributed by atoms with van der Waals surface area (Å²) in [6.45, 7) is 0.615. The molecule has 2 aromatic carbocycles. The van der Waals surface area contributed by atoms with E-state index in [1.165, 1.54) is 4.57 Å². The van der Waals surface area contributed by atoms with Crippen molar-refractivity contribution in [1.29, 1.82) is 0 Å². The fourth-order valence-electron chi connectivity index (χ4n) is 3.08. The third kappa shape index (κ3) is 3.75. The number of halogens is 1. The zero-order valence-electron chi connectivity index (χ0n) is 15.4. The van der Waals surface area contributed by atoms with Crippen LogP contribution in [0.1, 0.15) is 5.69 Å². The van der Waals surface area contributed by atoms with Crippen LogP contribution in [0.4, 0.5) is 5.95 Å². The SMILES string of the molecule is Cn1c(NCCc2ccc(-c3ccccc3)cn2)nc2cc(Cl)ccc2c1=O. The summed E-state index contributed by atoms with van der Waals surface area (Å²) in [4.78, 5) is 21.6. The third-order valence-electron chi connectivity index (χ3n) is 4.63. The van der Waals surface area contributed by atoms with Crippen LogP contribution >= 0.6 is 11.6 Å². The predicted octanol–water partition coefficient (Wildman–Crippen LogP) is 4.30. The van der Waals surface area contributed by atoms with Crippen molar-refractivity contribution in [2.75, 3.05) is 11.9 Å². The number of benzene rings is 2. The molecule has 0 bridgehead atoms. The molecule has 2 heterocycles. The molecule has 0 spiro atoms. The number of nitrogens with one attached hydrogen (secondary N) is 1. The summed E-state index contributed by atoms with van der Waals surface area (Å²) in [5.74, 6) is 0.515. The number of pyridine rings is 1. The minimum absolute atomic E-state index is 0.102. The van der Waals surface area contributed by atoms with Crippen LogP contribution in [0.2, 0.25) is 5.02 Å². The van der Waals surface area contributed by atoms with Crippen molar-refractivity contribution in [3.05, 3.63) is 87.9 Å². The van der Waals surface area contributed by atoms with Crippen LogP contribution in [0.15, 0.2) is 71.7 Å². The molecule has 6 heteroatoms. The highest BCUT2D eigenvalue weighted by Crippen LogP contribution is 2.18. The van der Waals surface area contributed by atoms with E-state index < -0.39 is 0 Å². The average molecular weight is 391 g/mol. The first-order valence-corrected chi connectivity index (χ1v) is 9.40. The van der Waals surface area contributed by atoms with Gasteiger partial charge in [0.25, 0.3) is 5.56 Å². The van der Waals surface area contributed by atoms with E-state index in [0.29, 0.717) is 28.4 Å². The summed E-state index contributed by atoms with van der Waals surface area (Å²) >= 11 is 6.03. The second-order valence-corrected chi connectivity index (χ2v) is 6.98. The molecular weight excluding hydrogens is 372 g/mol. The monoisotopic (exact) mass is 390 g/mol. The van der Waals surface area contributed by atoms with Gasteiger partial charge in [0.2, 0.25) is 5.95 Å². The Balaban J connectivity index is 1.46. The molecule has 0 aliphatic carbocycles. The van der Waals surface area contributed by atoms with E-state index in [1.807, 2.05) is 30.5 Å². The molecule has 0 saturated heterocycles. The van der Waals surface area contributed by atoms with Crippen molar-refractivity contribution < 1.29 is 0 Å². The maximum Gasteiger partial charge on any atom is 0.262 e. The number of hydrogen-bond acceptors (Lipinski definition) is 4. The average Bonchev–Trinajstić information content (AvgIpc) is 2.72. The summed E-state index contributed by atoms with van der Waals surface area (Å²) in [5.41, 5.74) is 3.69. The molecule has 0 aliphatic rings. The topological polar surface area (TPSA) is 59.8 Å². The Morgan fingerprint density at radius 3 is 2.61 bits per heavy atom. The first-order chi connectivity index (χ1) is 13.6. The number of nitrogens with zero attached hydrogens (tertiary/aromatic N) is 3. The zero-order valence-corrected chi connectivity index (χ0v) is 16.1. The Morgan fingerprint density at radius 1 is 1.04 bits per heavy atom. The summed E-state index contributed by atoms with van der Waals surface area (Å²) in [6.07, 6.45) is 2.61. The molecule has 28 heavy (non-hydrogen) atoms. The maximum absolute atomic E-state index is 12.5. The second kappa shape index (κ2) is 7.82. The molecule has 0 atom stereocenters. The molecule has 4 aromatic rings. The van der Waals surface area contributed by atoms with Gasteiger partial charge in [-0.1, -0.05) is 48.0 Å². The van der Waals surface area contributed by atoms with E-state index in [4.69, 9.17) is 11.6 Å². The summed E-state index contributed by atoms with van der Waals surface area (Å²) < 4.78 is 1.52. The van der Waals surface area contributed by atoms with E-state index in [9.17, 15) is 4.79 Å². The van der Waals surface area contributed by atoms with Crippen molar-refractivity contribution in [2.24, 2.45) is 7.05 Å². The minimum atomic E-state index is -0.102. The van der Waals surface area contributed by atoms with Crippen LogP contribution in [0.5, 0.6) is 0 Å². The first-order valence-electron chi connectivity index (χ1n) is 9.02. The Bertz CT molecular complexity index is 1170. The van der Waals surface area contributed by atoms with Gasteiger partial charge in [0.15, 0.2) is 0 Å². The lowest BCUT2D eigenvalue weighted by Crippen LogP contribution is -2.23. The Kier molecular flexibility index (Phi) is 5.08. The Labute approximate surface area is 167 Å². The third-order valence-corrected chi connectivity index (χ3v) is 4.87. The molecule has 5 nitrogen and oxygen atoms in total. The largest absolute Gasteiger partial charge is 0.355 e. The van der Waals surface area contributed by atoms with Gasteiger partial charge in [0.05, 0.1) is 10.9 Å². The predicted molar refractivity (Wildman–Crippen MR) is 114 cm³/mol. The molecule has 4 rings (SSSR count). The number of rotatable bonds is 5. The van der Waals surface area contributed by atoms with Gasteiger partial charge in [-0.3, -0.25) is 14.3 Å². The fraction of sp³-hybridized carbons (Fsp3) is 0.136. The van der Waals surface area contributed by atoms with Gasteiger partial charge in [0.1, 0.15) is 0 Å². The van der Waals surface area contributed by atoms with Gasteiger partial charge < -0.3 is 5.32 Å². The lowest BCUT2D eigenvalue weighted by atomic mass is 10.1. The van der Waals surface area contributed by atoms with Crippen molar-refractivity contribution in [3.63, 3.8) is 0 Å². The van der Waals surface area contributed by atoms with Crippen molar-refractivity contribution >= 4 is 28.5 Å². The van der Waals surface area contributed by atoms with Crippen LogP contribution < -0.4 is 10.9 Å². The van der Waals surface area contributed by atoms with E-state index >= 15 is 0 Å². The van der Waals surface area contributed by atoms with Gasteiger partial charge in [-0.25, -0.2) is 4.98 Å². The maximum atomic E-state index is 12.5.